The number of nitrogens with one attached hydrogen (secondary N) is 1. The van der Waals surface area contributed by atoms with Crippen molar-refractivity contribution in [3.63, 3.8) is 0 Å². The molecule has 1 aromatic heterocycles. The van der Waals surface area contributed by atoms with Gasteiger partial charge in [0.05, 0.1) is 18.4 Å². The minimum Gasteiger partial charge on any atom is -0.481 e. The third-order valence-electron chi connectivity index (χ3n) is 1.86. The lowest BCUT2D eigenvalue weighted by Crippen LogP contribution is -2.02. The third-order valence-corrected chi connectivity index (χ3v) is 1.86. The minimum absolute atomic E-state index is 0.273. The lowest BCUT2D eigenvalue weighted by Gasteiger charge is -2.04. The first kappa shape index (κ1) is 7.30. The molecule has 1 aromatic rings. The first-order chi connectivity index (χ1) is 5.81. The molecular weight excluding hydrogens is 156 g/mol. The molecule has 0 spiro atoms. The Balaban J connectivity index is 2.55. The molecule has 0 radical (unpaired) electrons. The fourth-order valence-corrected chi connectivity index (χ4v) is 1.32. The number of hydrogen-bond donors (Lipinski definition) is 2. The lowest BCUT2D eigenvalue weighted by atomic mass is 10.3. The van der Waals surface area contributed by atoms with E-state index in [-0.39, 0.29) is 5.95 Å². The SMILES string of the molecule is COc1nc(N)nc2c1CNC2. The number of aromatic nitrogens is 2. The van der Waals surface area contributed by atoms with Gasteiger partial charge in [-0.3, -0.25) is 0 Å². The molecule has 0 saturated heterocycles. The number of anilines is 1. The average Bonchev–Trinajstić information content (AvgIpc) is 2.50. The van der Waals surface area contributed by atoms with E-state index in [9.17, 15) is 0 Å². The van der Waals surface area contributed by atoms with Crippen LogP contribution in [0.25, 0.3) is 0 Å². The molecule has 0 aromatic carbocycles. The molecular formula is C7H10N4O. The molecule has 0 bridgehead atoms. The van der Waals surface area contributed by atoms with Crippen LogP contribution < -0.4 is 15.8 Å². The summed E-state index contributed by atoms with van der Waals surface area (Å²) in [6, 6.07) is 0. The van der Waals surface area contributed by atoms with Crippen LogP contribution in [-0.2, 0) is 13.1 Å². The van der Waals surface area contributed by atoms with E-state index in [0.29, 0.717) is 5.88 Å². The van der Waals surface area contributed by atoms with E-state index >= 15 is 0 Å². The van der Waals surface area contributed by atoms with Gasteiger partial charge in [-0.15, -0.1) is 0 Å². The van der Waals surface area contributed by atoms with Crippen molar-refractivity contribution in [1.82, 2.24) is 15.3 Å². The van der Waals surface area contributed by atoms with E-state index in [1.165, 1.54) is 0 Å². The van der Waals surface area contributed by atoms with Gasteiger partial charge in [0.25, 0.3) is 0 Å². The highest BCUT2D eigenvalue weighted by Gasteiger charge is 2.18. The maximum atomic E-state index is 5.48. The van der Waals surface area contributed by atoms with E-state index in [1.807, 2.05) is 0 Å². The van der Waals surface area contributed by atoms with Crippen LogP contribution >= 0.6 is 0 Å². The van der Waals surface area contributed by atoms with Crippen molar-refractivity contribution >= 4 is 5.95 Å². The fraction of sp³-hybridized carbons (Fsp3) is 0.429. The highest BCUT2D eigenvalue weighted by molar-refractivity contribution is 5.38. The number of ether oxygens (including phenoxy) is 1. The molecule has 5 heteroatoms. The molecule has 2 rings (SSSR count). The molecule has 0 atom stereocenters. The Kier molecular flexibility index (Phi) is 1.58. The maximum absolute atomic E-state index is 5.48. The van der Waals surface area contributed by atoms with Crippen LogP contribution in [0.15, 0.2) is 0 Å². The van der Waals surface area contributed by atoms with E-state index < -0.39 is 0 Å². The maximum Gasteiger partial charge on any atom is 0.223 e. The Morgan fingerprint density at radius 3 is 3.00 bits per heavy atom. The van der Waals surface area contributed by atoms with Gasteiger partial charge in [0, 0.05) is 13.1 Å². The summed E-state index contributed by atoms with van der Waals surface area (Å²) < 4.78 is 5.07. The molecule has 1 aliphatic rings. The second kappa shape index (κ2) is 2.60. The van der Waals surface area contributed by atoms with Crippen molar-refractivity contribution in [2.75, 3.05) is 12.8 Å². The van der Waals surface area contributed by atoms with Crippen molar-refractivity contribution in [2.45, 2.75) is 13.1 Å². The van der Waals surface area contributed by atoms with Gasteiger partial charge in [0.2, 0.25) is 11.8 Å². The van der Waals surface area contributed by atoms with Crippen LogP contribution in [0.4, 0.5) is 5.95 Å². The summed E-state index contributed by atoms with van der Waals surface area (Å²) in [7, 11) is 1.58. The van der Waals surface area contributed by atoms with Gasteiger partial charge in [0.15, 0.2) is 0 Å². The van der Waals surface area contributed by atoms with E-state index in [0.717, 1.165) is 24.3 Å². The van der Waals surface area contributed by atoms with Gasteiger partial charge in [0.1, 0.15) is 0 Å². The second-order valence-electron chi connectivity index (χ2n) is 2.62. The molecule has 3 N–H and O–H groups in total. The van der Waals surface area contributed by atoms with Crippen LogP contribution in [-0.4, -0.2) is 17.1 Å². The summed E-state index contributed by atoms with van der Waals surface area (Å²) in [5.74, 6) is 0.858. The van der Waals surface area contributed by atoms with Gasteiger partial charge in [-0.25, -0.2) is 4.98 Å². The van der Waals surface area contributed by atoms with E-state index in [4.69, 9.17) is 10.5 Å². The van der Waals surface area contributed by atoms with Gasteiger partial charge in [-0.1, -0.05) is 0 Å². The Labute approximate surface area is 70.0 Å². The van der Waals surface area contributed by atoms with Crippen LogP contribution in [0.2, 0.25) is 0 Å². The Morgan fingerprint density at radius 2 is 2.25 bits per heavy atom. The Morgan fingerprint density at radius 1 is 1.42 bits per heavy atom. The zero-order chi connectivity index (χ0) is 8.55. The molecule has 2 heterocycles. The average molecular weight is 166 g/mol. The fourth-order valence-electron chi connectivity index (χ4n) is 1.32. The summed E-state index contributed by atoms with van der Waals surface area (Å²) in [6.07, 6.45) is 0. The number of methoxy groups -OCH3 is 1. The first-order valence-electron chi connectivity index (χ1n) is 3.71. The van der Waals surface area contributed by atoms with Gasteiger partial charge in [-0.2, -0.15) is 4.98 Å². The van der Waals surface area contributed by atoms with Gasteiger partial charge < -0.3 is 15.8 Å². The second-order valence-corrected chi connectivity index (χ2v) is 2.62. The number of fused-ring (bicyclic) bond motifs is 1. The molecule has 0 saturated carbocycles. The zero-order valence-corrected chi connectivity index (χ0v) is 6.79. The van der Waals surface area contributed by atoms with E-state index in [2.05, 4.69) is 15.3 Å². The summed E-state index contributed by atoms with van der Waals surface area (Å²) in [6.45, 7) is 1.51. The molecule has 64 valence electrons. The van der Waals surface area contributed by atoms with Crippen molar-refractivity contribution in [3.8, 4) is 5.88 Å². The quantitative estimate of drug-likeness (QED) is 0.597. The van der Waals surface area contributed by atoms with Crippen LogP contribution in [0.5, 0.6) is 5.88 Å². The zero-order valence-electron chi connectivity index (χ0n) is 6.79. The number of rotatable bonds is 1. The lowest BCUT2D eigenvalue weighted by molar-refractivity contribution is 0.392. The standard InChI is InChI=1S/C7H10N4O/c1-12-6-4-2-9-3-5(4)10-7(8)11-6/h9H,2-3H2,1H3,(H2,8,10,11). The van der Waals surface area contributed by atoms with Crippen molar-refractivity contribution in [1.29, 1.82) is 0 Å². The topological polar surface area (TPSA) is 73.1 Å². The predicted octanol–water partition coefficient (Wildman–Crippen LogP) is -0.329. The molecule has 0 amide bonds. The highest BCUT2D eigenvalue weighted by Crippen LogP contribution is 2.22. The van der Waals surface area contributed by atoms with Crippen LogP contribution in [0, 0.1) is 0 Å². The third kappa shape index (κ3) is 0.984. The Bertz CT molecular complexity index is 313. The van der Waals surface area contributed by atoms with Crippen molar-refractivity contribution in [2.24, 2.45) is 0 Å². The monoisotopic (exact) mass is 166 g/mol. The molecule has 5 nitrogen and oxygen atoms in total. The Hall–Kier alpha value is -1.36. The van der Waals surface area contributed by atoms with Crippen molar-refractivity contribution < 1.29 is 4.74 Å². The molecule has 0 aliphatic carbocycles. The minimum atomic E-state index is 0.273. The molecule has 1 aliphatic heterocycles. The smallest absolute Gasteiger partial charge is 0.223 e. The molecule has 0 fully saturated rings. The highest BCUT2D eigenvalue weighted by atomic mass is 16.5. The normalized spacial score (nSPS) is 14.4. The van der Waals surface area contributed by atoms with Gasteiger partial charge >= 0.3 is 0 Å². The van der Waals surface area contributed by atoms with Crippen LogP contribution in [0.1, 0.15) is 11.3 Å². The summed E-state index contributed by atoms with van der Waals surface area (Å²) in [5.41, 5.74) is 7.44. The summed E-state index contributed by atoms with van der Waals surface area (Å²) in [5, 5.41) is 3.15. The molecule has 0 unspecified atom stereocenters. The van der Waals surface area contributed by atoms with Crippen LogP contribution in [0.3, 0.4) is 0 Å². The number of nitrogen functional groups attached to an aromatic ring is 1. The number of nitrogens with zero attached hydrogens (tertiary/aromatic N) is 2. The summed E-state index contributed by atoms with van der Waals surface area (Å²) in [4.78, 5) is 8.05. The largest absolute Gasteiger partial charge is 0.481 e. The molecule has 12 heavy (non-hydrogen) atoms. The number of hydrogen-bond acceptors (Lipinski definition) is 5. The van der Waals surface area contributed by atoms with Gasteiger partial charge in [-0.05, 0) is 0 Å². The first-order valence-corrected chi connectivity index (χ1v) is 3.71. The van der Waals surface area contributed by atoms with E-state index in [1.54, 1.807) is 7.11 Å². The predicted molar refractivity (Wildman–Crippen MR) is 43.5 cm³/mol. The summed E-state index contributed by atoms with van der Waals surface area (Å²) >= 11 is 0. The van der Waals surface area contributed by atoms with Crippen molar-refractivity contribution in [3.05, 3.63) is 11.3 Å². The number of nitrogens with two attached hydrogens (primary N) is 1.